The molecule has 1 atom stereocenters. The summed E-state index contributed by atoms with van der Waals surface area (Å²) in [4.78, 5) is 20.5. The second-order valence-corrected chi connectivity index (χ2v) is 3.55. The first-order valence-corrected chi connectivity index (χ1v) is 5.36. The Hall–Kier alpha value is -1.50. The summed E-state index contributed by atoms with van der Waals surface area (Å²) >= 11 is 0. The van der Waals surface area contributed by atoms with Crippen LogP contribution < -0.4 is 5.48 Å². The number of nitrogens with zero attached hydrogens (tertiary/aromatic N) is 1. The maximum atomic E-state index is 11.5. The average Bonchev–Trinajstić information content (AvgIpc) is 2.41. The van der Waals surface area contributed by atoms with Gasteiger partial charge in [-0.1, -0.05) is 6.07 Å². The van der Waals surface area contributed by atoms with Gasteiger partial charge in [-0.25, -0.2) is 5.48 Å². The van der Waals surface area contributed by atoms with E-state index in [1.165, 1.54) is 0 Å². The van der Waals surface area contributed by atoms with E-state index < -0.39 is 6.10 Å². The van der Waals surface area contributed by atoms with Crippen molar-refractivity contribution in [3.63, 3.8) is 0 Å². The SMILES string of the molecule is O=C(NOCc1cccnc1)C1COCCO1. The first-order chi connectivity index (χ1) is 8.36. The van der Waals surface area contributed by atoms with Crippen molar-refractivity contribution >= 4 is 5.91 Å². The molecule has 6 heteroatoms. The third kappa shape index (κ3) is 3.77. The molecule has 0 spiro atoms. The van der Waals surface area contributed by atoms with Gasteiger partial charge in [-0.05, 0) is 11.6 Å². The molecule has 1 unspecified atom stereocenters. The van der Waals surface area contributed by atoms with E-state index in [1.807, 2.05) is 6.07 Å². The van der Waals surface area contributed by atoms with Crippen LogP contribution in [0, 0.1) is 0 Å². The lowest BCUT2D eigenvalue weighted by atomic mass is 10.3. The first kappa shape index (κ1) is 12.0. The van der Waals surface area contributed by atoms with Crippen LogP contribution in [0.15, 0.2) is 24.5 Å². The lowest BCUT2D eigenvalue weighted by Gasteiger charge is -2.21. The molecule has 6 nitrogen and oxygen atoms in total. The number of carbonyl (C=O) groups excluding carboxylic acids is 1. The van der Waals surface area contributed by atoms with Gasteiger partial charge in [0, 0.05) is 12.4 Å². The van der Waals surface area contributed by atoms with E-state index in [-0.39, 0.29) is 19.1 Å². The topological polar surface area (TPSA) is 69.7 Å². The predicted octanol–water partition coefficient (Wildman–Crippen LogP) is 0.0448. The molecule has 17 heavy (non-hydrogen) atoms. The van der Waals surface area contributed by atoms with E-state index in [4.69, 9.17) is 14.3 Å². The maximum absolute atomic E-state index is 11.5. The van der Waals surface area contributed by atoms with Crippen LogP contribution in [0.5, 0.6) is 0 Å². The minimum Gasteiger partial charge on any atom is -0.376 e. The second kappa shape index (κ2) is 6.29. The quantitative estimate of drug-likeness (QED) is 0.750. The molecule has 1 amide bonds. The lowest BCUT2D eigenvalue weighted by molar-refractivity contribution is -0.160. The van der Waals surface area contributed by atoms with Gasteiger partial charge < -0.3 is 9.47 Å². The van der Waals surface area contributed by atoms with Crippen molar-refractivity contribution in [2.75, 3.05) is 19.8 Å². The van der Waals surface area contributed by atoms with Gasteiger partial charge >= 0.3 is 0 Å². The largest absolute Gasteiger partial charge is 0.376 e. The summed E-state index contributed by atoms with van der Waals surface area (Å²) in [7, 11) is 0. The van der Waals surface area contributed by atoms with E-state index in [0.717, 1.165) is 5.56 Å². The van der Waals surface area contributed by atoms with Gasteiger partial charge in [0.15, 0.2) is 6.10 Å². The zero-order chi connectivity index (χ0) is 11.9. The Labute approximate surface area is 98.8 Å². The molecule has 0 bridgehead atoms. The number of nitrogens with one attached hydrogen (secondary N) is 1. The number of rotatable bonds is 4. The standard InChI is InChI=1S/C11H14N2O4/c14-11(10-8-15-4-5-16-10)13-17-7-9-2-1-3-12-6-9/h1-3,6,10H,4-5,7-8H2,(H,13,14). The lowest BCUT2D eigenvalue weighted by Crippen LogP contribution is -2.42. The summed E-state index contributed by atoms with van der Waals surface area (Å²) in [6, 6.07) is 3.66. The molecule has 0 aromatic carbocycles. The average molecular weight is 238 g/mol. The van der Waals surface area contributed by atoms with Gasteiger partial charge in [-0.2, -0.15) is 0 Å². The molecule has 1 aliphatic rings. The zero-order valence-electron chi connectivity index (χ0n) is 9.30. The fourth-order valence-electron chi connectivity index (χ4n) is 1.38. The third-order valence-electron chi connectivity index (χ3n) is 2.24. The number of pyridine rings is 1. The summed E-state index contributed by atoms with van der Waals surface area (Å²) in [5, 5.41) is 0. The molecule has 1 aliphatic heterocycles. The molecule has 2 rings (SSSR count). The highest BCUT2D eigenvalue weighted by Crippen LogP contribution is 2.01. The molecular formula is C11H14N2O4. The van der Waals surface area contributed by atoms with Crippen LogP contribution >= 0.6 is 0 Å². The Kier molecular flexibility index (Phi) is 4.43. The van der Waals surface area contributed by atoms with Gasteiger partial charge in [0.1, 0.15) is 6.61 Å². The Bertz CT molecular complexity index is 352. The number of aromatic nitrogens is 1. The highest BCUT2D eigenvalue weighted by atomic mass is 16.7. The van der Waals surface area contributed by atoms with Gasteiger partial charge in [0.2, 0.25) is 0 Å². The molecule has 1 aromatic rings. The Morgan fingerprint density at radius 1 is 1.59 bits per heavy atom. The van der Waals surface area contributed by atoms with Gasteiger partial charge in [0.25, 0.3) is 5.91 Å². The fourth-order valence-corrected chi connectivity index (χ4v) is 1.38. The highest BCUT2D eigenvalue weighted by molar-refractivity contribution is 5.79. The molecule has 0 radical (unpaired) electrons. The Morgan fingerprint density at radius 3 is 3.24 bits per heavy atom. The summed E-state index contributed by atoms with van der Waals surface area (Å²) in [6.45, 7) is 1.50. The molecular weight excluding hydrogens is 224 g/mol. The van der Waals surface area contributed by atoms with Crippen LogP contribution in [0.25, 0.3) is 0 Å². The Morgan fingerprint density at radius 2 is 2.53 bits per heavy atom. The van der Waals surface area contributed by atoms with E-state index in [0.29, 0.717) is 13.2 Å². The number of hydrogen-bond donors (Lipinski definition) is 1. The second-order valence-electron chi connectivity index (χ2n) is 3.55. The molecule has 0 aliphatic carbocycles. The third-order valence-corrected chi connectivity index (χ3v) is 2.24. The molecule has 2 heterocycles. The van der Waals surface area contributed by atoms with E-state index in [1.54, 1.807) is 18.5 Å². The number of amides is 1. The van der Waals surface area contributed by atoms with Crippen molar-refractivity contribution in [3.8, 4) is 0 Å². The molecule has 92 valence electrons. The van der Waals surface area contributed by atoms with Crippen molar-refractivity contribution in [2.45, 2.75) is 12.7 Å². The number of hydroxylamine groups is 1. The van der Waals surface area contributed by atoms with E-state index in [2.05, 4.69) is 10.5 Å². The van der Waals surface area contributed by atoms with E-state index in [9.17, 15) is 4.79 Å². The smallest absolute Gasteiger partial charge is 0.275 e. The Balaban J connectivity index is 1.69. The normalized spacial score (nSPS) is 19.9. The monoisotopic (exact) mass is 238 g/mol. The molecule has 1 N–H and O–H groups in total. The van der Waals surface area contributed by atoms with Crippen LogP contribution in [0.4, 0.5) is 0 Å². The van der Waals surface area contributed by atoms with Crippen LogP contribution in [-0.4, -0.2) is 36.8 Å². The van der Waals surface area contributed by atoms with Gasteiger partial charge in [0.05, 0.1) is 19.8 Å². The van der Waals surface area contributed by atoms with Crippen LogP contribution in [-0.2, 0) is 25.7 Å². The molecule has 1 aromatic heterocycles. The minimum absolute atomic E-state index is 0.266. The summed E-state index contributed by atoms with van der Waals surface area (Å²) in [6.07, 6.45) is 2.76. The maximum Gasteiger partial charge on any atom is 0.275 e. The number of ether oxygens (including phenoxy) is 2. The van der Waals surface area contributed by atoms with Crippen LogP contribution in [0.3, 0.4) is 0 Å². The van der Waals surface area contributed by atoms with E-state index >= 15 is 0 Å². The van der Waals surface area contributed by atoms with Crippen LogP contribution in [0.1, 0.15) is 5.56 Å². The van der Waals surface area contributed by atoms with Gasteiger partial charge in [-0.3, -0.25) is 14.6 Å². The van der Waals surface area contributed by atoms with Crippen molar-refractivity contribution in [2.24, 2.45) is 0 Å². The first-order valence-electron chi connectivity index (χ1n) is 5.36. The summed E-state index contributed by atoms with van der Waals surface area (Å²) < 4.78 is 10.3. The molecule has 1 saturated heterocycles. The molecule has 1 fully saturated rings. The van der Waals surface area contributed by atoms with Crippen molar-refractivity contribution in [1.29, 1.82) is 0 Å². The van der Waals surface area contributed by atoms with Gasteiger partial charge in [-0.15, -0.1) is 0 Å². The minimum atomic E-state index is -0.586. The molecule has 0 saturated carbocycles. The summed E-state index contributed by atoms with van der Waals surface area (Å²) in [5.41, 5.74) is 3.21. The zero-order valence-corrected chi connectivity index (χ0v) is 9.30. The van der Waals surface area contributed by atoms with Crippen molar-refractivity contribution in [3.05, 3.63) is 30.1 Å². The fraction of sp³-hybridized carbons (Fsp3) is 0.455. The van der Waals surface area contributed by atoms with Crippen molar-refractivity contribution in [1.82, 2.24) is 10.5 Å². The van der Waals surface area contributed by atoms with Crippen LogP contribution in [0.2, 0.25) is 0 Å². The number of carbonyl (C=O) groups is 1. The number of hydrogen-bond acceptors (Lipinski definition) is 5. The highest BCUT2D eigenvalue weighted by Gasteiger charge is 2.22. The summed E-state index contributed by atoms with van der Waals surface area (Å²) in [5.74, 6) is -0.325. The predicted molar refractivity (Wildman–Crippen MR) is 57.7 cm³/mol. The van der Waals surface area contributed by atoms with Crippen molar-refractivity contribution < 1.29 is 19.1 Å².